The summed E-state index contributed by atoms with van der Waals surface area (Å²) < 4.78 is 6.78. The topological polar surface area (TPSA) is 123 Å². The Bertz CT molecular complexity index is 1120. The Morgan fingerprint density at radius 1 is 1.15 bits per heavy atom. The monoisotopic (exact) mass is 367 g/mol. The maximum absolute atomic E-state index is 10.9. The van der Waals surface area contributed by atoms with Crippen molar-refractivity contribution in [2.75, 3.05) is 7.11 Å². The van der Waals surface area contributed by atoms with Gasteiger partial charge in [0.1, 0.15) is 22.5 Å². The zero-order chi connectivity index (χ0) is 18.8. The Labute approximate surface area is 151 Å². The van der Waals surface area contributed by atoms with Crippen molar-refractivity contribution in [2.45, 2.75) is 6.61 Å². The van der Waals surface area contributed by atoms with E-state index >= 15 is 0 Å². The molecule has 4 aromatic rings. The molecule has 0 radical (unpaired) electrons. The van der Waals surface area contributed by atoms with Gasteiger partial charge < -0.3 is 9.57 Å². The van der Waals surface area contributed by atoms with Gasteiger partial charge in [-0.1, -0.05) is 16.1 Å². The van der Waals surface area contributed by atoms with Crippen LogP contribution in [0.2, 0.25) is 0 Å². The molecule has 2 heterocycles. The van der Waals surface area contributed by atoms with E-state index in [4.69, 9.17) is 9.57 Å². The van der Waals surface area contributed by atoms with Crippen LogP contribution in [0.25, 0.3) is 16.7 Å². The molecular weight excluding hydrogens is 354 g/mol. The zero-order valence-electron chi connectivity index (χ0n) is 14.1. The molecule has 0 saturated carbocycles. The van der Waals surface area contributed by atoms with E-state index in [1.165, 1.54) is 18.2 Å². The van der Waals surface area contributed by atoms with Gasteiger partial charge in [-0.15, -0.1) is 10.2 Å². The molecule has 2 aromatic carbocycles. The van der Waals surface area contributed by atoms with E-state index < -0.39 is 4.92 Å². The number of nitro benzene ring substituents is 1. The first-order chi connectivity index (χ1) is 13.1. The number of hydrogen-bond acceptors (Lipinski definition) is 8. The Hall–Kier alpha value is -4.02. The van der Waals surface area contributed by atoms with Gasteiger partial charge in [0.05, 0.1) is 23.9 Å². The number of hydrogen-bond donors (Lipinski definition) is 0. The van der Waals surface area contributed by atoms with Crippen molar-refractivity contribution in [2.24, 2.45) is 0 Å². The fourth-order valence-electron chi connectivity index (χ4n) is 2.47. The van der Waals surface area contributed by atoms with Crippen LogP contribution >= 0.6 is 0 Å². The highest BCUT2D eigenvalue weighted by Crippen LogP contribution is 2.19. The van der Waals surface area contributed by atoms with Gasteiger partial charge in [0.25, 0.3) is 5.69 Å². The molecule has 2 aromatic heterocycles. The van der Waals surface area contributed by atoms with E-state index in [1.807, 2.05) is 24.3 Å². The summed E-state index contributed by atoms with van der Waals surface area (Å²) in [5.41, 5.74) is 2.14. The lowest BCUT2D eigenvalue weighted by Crippen LogP contribution is -2.13. The first-order valence-corrected chi connectivity index (χ1v) is 7.83. The molecule has 11 heteroatoms. The largest absolute Gasteiger partial charge is 0.497 e. The third-order valence-electron chi connectivity index (χ3n) is 3.80. The molecule has 11 nitrogen and oxygen atoms in total. The van der Waals surface area contributed by atoms with Crippen LogP contribution in [-0.4, -0.2) is 42.2 Å². The number of fused-ring (bicyclic) bond motifs is 1. The molecule has 0 fully saturated rings. The molecule has 0 atom stereocenters. The Morgan fingerprint density at radius 3 is 2.85 bits per heavy atom. The number of nitro groups is 1. The van der Waals surface area contributed by atoms with Crippen molar-refractivity contribution in [3.05, 3.63) is 64.5 Å². The van der Waals surface area contributed by atoms with E-state index in [0.29, 0.717) is 22.5 Å². The minimum absolute atomic E-state index is 0.0606. The van der Waals surface area contributed by atoms with Crippen molar-refractivity contribution < 1.29 is 14.5 Å². The van der Waals surface area contributed by atoms with Gasteiger partial charge in [-0.2, -0.15) is 0 Å². The SMILES string of the molecule is COc1cccc(-n2cc(COn3nnc4ccc([N+](=O)[O-])cc43)nn2)c1. The molecule has 136 valence electrons. The van der Waals surface area contributed by atoms with Crippen LogP contribution in [0.1, 0.15) is 5.69 Å². The Balaban J connectivity index is 1.52. The second kappa shape index (κ2) is 6.71. The summed E-state index contributed by atoms with van der Waals surface area (Å²) in [6.45, 7) is 0.0606. The fraction of sp³-hybridized carbons (Fsp3) is 0.125. The molecule has 0 unspecified atom stereocenters. The van der Waals surface area contributed by atoms with Crippen LogP contribution in [0.3, 0.4) is 0 Å². The van der Waals surface area contributed by atoms with Gasteiger partial charge in [-0.3, -0.25) is 10.1 Å². The predicted octanol–water partition coefficient (Wildman–Crippen LogP) is 1.56. The van der Waals surface area contributed by atoms with E-state index in [2.05, 4.69) is 20.6 Å². The molecule has 0 bridgehead atoms. The number of ether oxygens (including phenoxy) is 1. The molecule has 27 heavy (non-hydrogen) atoms. The first kappa shape index (κ1) is 16.4. The molecule has 0 saturated heterocycles. The minimum Gasteiger partial charge on any atom is -0.497 e. The summed E-state index contributed by atoms with van der Waals surface area (Å²) in [4.78, 5) is 17.1. The average Bonchev–Trinajstić information content (AvgIpc) is 3.33. The van der Waals surface area contributed by atoms with Crippen LogP contribution in [0.15, 0.2) is 48.7 Å². The van der Waals surface area contributed by atoms with Crippen molar-refractivity contribution in [3.63, 3.8) is 0 Å². The number of non-ortho nitro benzene ring substituents is 1. The van der Waals surface area contributed by atoms with Crippen LogP contribution in [0.5, 0.6) is 5.75 Å². The highest BCUT2D eigenvalue weighted by Gasteiger charge is 2.13. The molecule has 0 aliphatic carbocycles. The third kappa shape index (κ3) is 3.25. The molecular formula is C16H13N7O4. The molecule has 0 aliphatic heterocycles. The lowest BCUT2D eigenvalue weighted by molar-refractivity contribution is -0.384. The van der Waals surface area contributed by atoms with E-state index in [-0.39, 0.29) is 12.3 Å². The average molecular weight is 367 g/mol. The molecule has 0 N–H and O–H groups in total. The Morgan fingerprint density at radius 2 is 2.04 bits per heavy atom. The smallest absolute Gasteiger partial charge is 0.271 e. The summed E-state index contributed by atoms with van der Waals surface area (Å²) in [7, 11) is 1.59. The number of rotatable bonds is 6. The maximum atomic E-state index is 10.9. The summed E-state index contributed by atoms with van der Waals surface area (Å²) >= 11 is 0. The Kier molecular flexibility index (Phi) is 4.09. The van der Waals surface area contributed by atoms with Crippen molar-refractivity contribution in [3.8, 4) is 11.4 Å². The van der Waals surface area contributed by atoms with E-state index in [9.17, 15) is 10.1 Å². The summed E-state index contributed by atoms with van der Waals surface area (Å²) in [5, 5.41) is 26.8. The lowest BCUT2D eigenvalue weighted by Gasteiger charge is -2.03. The maximum Gasteiger partial charge on any atom is 0.271 e. The number of nitrogens with zero attached hydrogens (tertiary/aromatic N) is 7. The van der Waals surface area contributed by atoms with Crippen LogP contribution in [0, 0.1) is 10.1 Å². The number of aromatic nitrogens is 6. The quantitative estimate of drug-likeness (QED) is 0.371. The molecule has 0 spiro atoms. The minimum atomic E-state index is -0.490. The van der Waals surface area contributed by atoms with Gasteiger partial charge in [0, 0.05) is 18.2 Å². The van der Waals surface area contributed by atoms with Gasteiger partial charge in [0.15, 0.2) is 6.61 Å². The van der Waals surface area contributed by atoms with Gasteiger partial charge in [0.2, 0.25) is 0 Å². The molecule has 0 aliphatic rings. The molecule has 4 rings (SSSR count). The second-order valence-corrected chi connectivity index (χ2v) is 5.52. The van der Waals surface area contributed by atoms with Crippen molar-refractivity contribution >= 4 is 16.7 Å². The second-order valence-electron chi connectivity index (χ2n) is 5.52. The summed E-state index contributed by atoms with van der Waals surface area (Å²) in [6, 6.07) is 11.6. The number of benzene rings is 2. The van der Waals surface area contributed by atoms with Crippen LogP contribution < -0.4 is 9.57 Å². The van der Waals surface area contributed by atoms with Gasteiger partial charge in [-0.25, -0.2) is 4.68 Å². The van der Waals surface area contributed by atoms with E-state index in [0.717, 1.165) is 10.5 Å². The lowest BCUT2D eigenvalue weighted by atomic mass is 10.3. The predicted molar refractivity (Wildman–Crippen MR) is 92.4 cm³/mol. The molecule has 0 amide bonds. The summed E-state index contributed by atoms with van der Waals surface area (Å²) in [6.07, 6.45) is 1.70. The van der Waals surface area contributed by atoms with Gasteiger partial charge in [-0.05, 0) is 23.4 Å². The van der Waals surface area contributed by atoms with Crippen molar-refractivity contribution in [1.82, 2.24) is 30.2 Å². The normalized spacial score (nSPS) is 10.9. The van der Waals surface area contributed by atoms with Crippen molar-refractivity contribution in [1.29, 1.82) is 0 Å². The zero-order valence-corrected chi connectivity index (χ0v) is 14.1. The van der Waals surface area contributed by atoms with Crippen LogP contribution in [0.4, 0.5) is 5.69 Å². The fourth-order valence-corrected chi connectivity index (χ4v) is 2.47. The van der Waals surface area contributed by atoms with E-state index in [1.54, 1.807) is 18.0 Å². The van der Waals surface area contributed by atoms with Crippen LogP contribution in [-0.2, 0) is 6.61 Å². The first-order valence-electron chi connectivity index (χ1n) is 7.83. The highest BCUT2D eigenvalue weighted by molar-refractivity contribution is 5.76. The van der Waals surface area contributed by atoms with Gasteiger partial charge >= 0.3 is 0 Å². The number of methoxy groups -OCH3 is 1. The standard InChI is InChI=1S/C16H13N7O4/c1-26-14-4-2-3-12(7-14)21-9-11(17-19-21)10-27-22-16-8-13(23(24)25)5-6-15(16)18-20-22/h2-9H,10H2,1H3. The highest BCUT2D eigenvalue weighted by atomic mass is 16.7. The summed E-state index contributed by atoms with van der Waals surface area (Å²) in [5.74, 6) is 0.705. The third-order valence-corrected chi connectivity index (χ3v) is 3.80.